The van der Waals surface area contributed by atoms with Crippen molar-refractivity contribution in [2.45, 2.75) is 6.54 Å². The van der Waals surface area contributed by atoms with E-state index in [1.54, 1.807) is 36.4 Å². The first-order chi connectivity index (χ1) is 15.0. The molecule has 0 saturated carbocycles. The Bertz CT molecular complexity index is 1300. The normalized spacial score (nSPS) is 11.5. The van der Waals surface area contributed by atoms with Crippen LogP contribution in [-0.2, 0) is 6.54 Å². The lowest BCUT2D eigenvalue weighted by atomic mass is 10.1. The van der Waals surface area contributed by atoms with Crippen molar-refractivity contribution in [3.63, 3.8) is 0 Å². The molecular weight excluding hydrogens is 400 g/mol. The number of benzene rings is 2. The van der Waals surface area contributed by atoms with Gasteiger partial charge in [0.15, 0.2) is 11.3 Å². The van der Waals surface area contributed by atoms with Crippen LogP contribution in [0.4, 0.5) is 5.69 Å². The van der Waals surface area contributed by atoms with Crippen LogP contribution in [0.2, 0.25) is 0 Å². The minimum absolute atomic E-state index is 0.0667. The number of carbonyl (C=O) groups is 2. The topological polar surface area (TPSA) is 114 Å². The number of carboxylic acids is 1. The van der Waals surface area contributed by atoms with Gasteiger partial charge in [0.25, 0.3) is 5.91 Å². The molecule has 0 aliphatic carbocycles. The van der Waals surface area contributed by atoms with E-state index in [4.69, 9.17) is 18.7 Å². The molecule has 1 amide bonds. The molecule has 0 radical (unpaired) electrons. The fourth-order valence-corrected chi connectivity index (χ4v) is 3.00. The lowest BCUT2D eigenvalue weighted by molar-refractivity contribution is 0.0696. The molecular formula is C23H18N2O6. The van der Waals surface area contributed by atoms with Crippen LogP contribution >= 0.6 is 0 Å². The van der Waals surface area contributed by atoms with E-state index in [0.29, 0.717) is 28.2 Å². The lowest BCUT2D eigenvalue weighted by Gasteiger charge is -2.08. The number of nitrogens with zero attached hydrogens (tertiary/aromatic N) is 1. The summed E-state index contributed by atoms with van der Waals surface area (Å²) in [6, 6.07) is 16.4. The second-order valence-corrected chi connectivity index (χ2v) is 6.57. The van der Waals surface area contributed by atoms with Gasteiger partial charge in [0.05, 0.1) is 31.2 Å². The summed E-state index contributed by atoms with van der Waals surface area (Å²) < 4.78 is 16.6. The summed E-state index contributed by atoms with van der Waals surface area (Å²) in [6.45, 7) is 0.203. The molecule has 0 atom stereocenters. The largest absolute Gasteiger partial charge is 0.493 e. The standard InChI is InChI=1S/C23H18N2O6/c1-29-19-6-2-4-15-12-18(21(26)24-13-17-5-3-11-30-17)22(31-20(15)19)25-16-9-7-14(8-10-16)23(27)28/h2-12H,13H2,1H3,(H,24,26)(H,27,28). The van der Waals surface area contributed by atoms with Gasteiger partial charge in [-0.2, -0.15) is 0 Å². The number of amides is 1. The first kappa shape index (κ1) is 20.0. The van der Waals surface area contributed by atoms with Crippen LogP contribution in [-0.4, -0.2) is 24.1 Å². The number of carbonyl (C=O) groups excluding carboxylic acids is 1. The van der Waals surface area contributed by atoms with Crippen molar-refractivity contribution in [1.29, 1.82) is 0 Å². The van der Waals surface area contributed by atoms with E-state index < -0.39 is 11.9 Å². The summed E-state index contributed by atoms with van der Waals surface area (Å²) in [5.74, 6) is -0.330. The molecule has 0 unspecified atom stereocenters. The summed E-state index contributed by atoms with van der Waals surface area (Å²) in [7, 11) is 1.52. The van der Waals surface area contributed by atoms with Gasteiger partial charge < -0.3 is 24.0 Å². The molecule has 4 aromatic rings. The Morgan fingerprint density at radius 2 is 1.90 bits per heavy atom. The fraction of sp³-hybridized carbons (Fsp3) is 0.0870. The van der Waals surface area contributed by atoms with Gasteiger partial charge in [0.2, 0.25) is 5.55 Å². The van der Waals surface area contributed by atoms with Crippen LogP contribution in [0.25, 0.3) is 11.0 Å². The number of nitrogens with one attached hydrogen (secondary N) is 1. The Balaban J connectivity index is 1.80. The summed E-state index contributed by atoms with van der Waals surface area (Å²) in [5.41, 5.74) is 1.29. The molecule has 0 bridgehead atoms. The zero-order valence-electron chi connectivity index (χ0n) is 16.5. The van der Waals surface area contributed by atoms with Crippen molar-refractivity contribution in [1.82, 2.24) is 5.32 Å². The minimum Gasteiger partial charge on any atom is -0.493 e. The highest BCUT2D eigenvalue weighted by atomic mass is 16.5. The second kappa shape index (κ2) is 8.58. The number of para-hydroxylation sites is 1. The van der Waals surface area contributed by atoms with Crippen molar-refractivity contribution in [3.05, 3.63) is 89.4 Å². The average molecular weight is 418 g/mol. The van der Waals surface area contributed by atoms with Gasteiger partial charge in [-0.1, -0.05) is 12.1 Å². The number of hydrogen-bond acceptors (Lipinski definition) is 6. The number of hydrogen-bond donors (Lipinski definition) is 2. The summed E-state index contributed by atoms with van der Waals surface area (Å²) in [6.07, 6.45) is 1.53. The van der Waals surface area contributed by atoms with Crippen molar-refractivity contribution in [2.75, 3.05) is 7.11 Å². The number of methoxy groups -OCH3 is 1. The Morgan fingerprint density at radius 3 is 2.58 bits per heavy atom. The van der Waals surface area contributed by atoms with Crippen molar-refractivity contribution >= 4 is 28.5 Å². The number of furan rings is 1. The summed E-state index contributed by atoms with van der Waals surface area (Å²) >= 11 is 0. The molecule has 31 heavy (non-hydrogen) atoms. The minimum atomic E-state index is -1.04. The molecule has 0 aliphatic heterocycles. The zero-order valence-corrected chi connectivity index (χ0v) is 16.5. The van der Waals surface area contributed by atoms with E-state index in [9.17, 15) is 9.59 Å². The van der Waals surface area contributed by atoms with Crippen LogP contribution in [0.1, 0.15) is 26.5 Å². The second-order valence-electron chi connectivity index (χ2n) is 6.57. The third-order valence-corrected chi connectivity index (χ3v) is 4.55. The van der Waals surface area contributed by atoms with Crippen molar-refractivity contribution in [2.24, 2.45) is 4.99 Å². The average Bonchev–Trinajstić information content (AvgIpc) is 3.30. The Labute approximate surface area is 176 Å². The molecule has 0 aliphatic rings. The van der Waals surface area contributed by atoms with Gasteiger partial charge >= 0.3 is 5.97 Å². The molecule has 8 heteroatoms. The van der Waals surface area contributed by atoms with E-state index in [-0.39, 0.29) is 23.2 Å². The molecule has 2 N–H and O–H groups in total. The quantitative estimate of drug-likeness (QED) is 0.491. The van der Waals surface area contributed by atoms with Crippen molar-refractivity contribution in [3.8, 4) is 5.75 Å². The number of rotatable bonds is 6. The molecule has 0 saturated heterocycles. The number of ether oxygens (including phenoxy) is 1. The van der Waals surface area contributed by atoms with Crippen LogP contribution in [0.5, 0.6) is 5.75 Å². The SMILES string of the molecule is COc1cccc2cc(C(=O)NCc3ccco3)c(=Nc3ccc(C(=O)O)cc3)oc12. The van der Waals surface area contributed by atoms with Crippen molar-refractivity contribution < 1.29 is 28.3 Å². The highest BCUT2D eigenvalue weighted by molar-refractivity contribution is 5.97. The molecule has 8 nitrogen and oxygen atoms in total. The van der Waals surface area contributed by atoms with Crippen LogP contribution < -0.4 is 15.6 Å². The molecule has 2 heterocycles. The zero-order chi connectivity index (χ0) is 21.8. The van der Waals surface area contributed by atoms with E-state index >= 15 is 0 Å². The molecule has 156 valence electrons. The highest BCUT2D eigenvalue weighted by Gasteiger charge is 2.15. The van der Waals surface area contributed by atoms with E-state index in [1.807, 2.05) is 0 Å². The maximum atomic E-state index is 12.9. The summed E-state index contributed by atoms with van der Waals surface area (Å²) in [5, 5.41) is 12.5. The maximum Gasteiger partial charge on any atom is 0.335 e. The fourth-order valence-electron chi connectivity index (χ4n) is 3.00. The van der Waals surface area contributed by atoms with Crippen LogP contribution in [0.3, 0.4) is 0 Å². The smallest absolute Gasteiger partial charge is 0.335 e. The molecule has 0 fully saturated rings. The predicted molar refractivity (Wildman–Crippen MR) is 111 cm³/mol. The Morgan fingerprint density at radius 1 is 1.10 bits per heavy atom. The molecule has 2 aromatic carbocycles. The van der Waals surface area contributed by atoms with Gasteiger partial charge in [-0.25, -0.2) is 9.79 Å². The molecule has 0 spiro atoms. The number of fused-ring (bicyclic) bond motifs is 1. The first-order valence-corrected chi connectivity index (χ1v) is 9.34. The Kier molecular flexibility index (Phi) is 5.53. The predicted octanol–water partition coefficient (Wildman–Crippen LogP) is 3.90. The first-order valence-electron chi connectivity index (χ1n) is 9.34. The third kappa shape index (κ3) is 4.32. The van der Waals surface area contributed by atoms with Crippen LogP contribution in [0.15, 0.2) is 80.8 Å². The highest BCUT2D eigenvalue weighted by Crippen LogP contribution is 2.25. The van der Waals surface area contributed by atoms with Crippen LogP contribution in [0, 0.1) is 0 Å². The maximum absolute atomic E-state index is 12.9. The Hall–Kier alpha value is -4.33. The van der Waals surface area contributed by atoms with Gasteiger partial charge in [-0.05, 0) is 48.5 Å². The number of aromatic carboxylic acids is 1. The van der Waals surface area contributed by atoms with Gasteiger partial charge in [0.1, 0.15) is 11.3 Å². The van der Waals surface area contributed by atoms with Gasteiger partial charge in [-0.15, -0.1) is 0 Å². The van der Waals surface area contributed by atoms with E-state index in [0.717, 1.165) is 0 Å². The molecule has 2 aromatic heterocycles. The van der Waals surface area contributed by atoms with Gasteiger partial charge in [-0.3, -0.25) is 4.79 Å². The number of carboxylic acid groups (broad SMARTS) is 1. The lowest BCUT2D eigenvalue weighted by Crippen LogP contribution is -2.28. The van der Waals surface area contributed by atoms with E-state index in [2.05, 4.69) is 10.3 Å². The third-order valence-electron chi connectivity index (χ3n) is 4.55. The monoisotopic (exact) mass is 418 g/mol. The molecule has 4 rings (SSSR count). The van der Waals surface area contributed by atoms with Gasteiger partial charge in [0, 0.05) is 5.39 Å². The summed E-state index contributed by atoms with van der Waals surface area (Å²) in [4.78, 5) is 28.4. The van der Waals surface area contributed by atoms with E-state index in [1.165, 1.54) is 37.6 Å².